The number of carbonyl (C=O) groups excluding carboxylic acids is 2. The van der Waals surface area contributed by atoms with Gasteiger partial charge < -0.3 is 19.2 Å². The first-order valence-electron chi connectivity index (χ1n) is 10.4. The maximum absolute atomic E-state index is 12.7. The Morgan fingerprint density at radius 3 is 2.50 bits per heavy atom. The summed E-state index contributed by atoms with van der Waals surface area (Å²) in [6.07, 6.45) is 0. The first-order valence-corrected chi connectivity index (χ1v) is 10.8. The van der Waals surface area contributed by atoms with Crippen LogP contribution in [-0.4, -0.2) is 18.5 Å². The molecule has 1 N–H and O–H groups in total. The number of hydrogen-bond donors (Lipinski definition) is 1. The van der Waals surface area contributed by atoms with Crippen molar-refractivity contribution in [1.29, 1.82) is 0 Å². The third kappa shape index (κ3) is 5.44. The molecule has 0 spiro atoms. The van der Waals surface area contributed by atoms with Gasteiger partial charge in [-0.2, -0.15) is 0 Å². The van der Waals surface area contributed by atoms with Gasteiger partial charge in [-0.1, -0.05) is 54.1 Å². The molecule has 0 fully saturated rings. The van der Waals surface area contributed by atoms with Crippen molar-refractivity contribution in [3.05, 3.63) is 105 Å². The zero-order chi connectivity index (χ0) is 24.1. The summed E-state index contributed by atoms with van der Waals surface area (Å²) in [5, 5.41) is 3.67. The molecule has 7 nitrogen and oxygen atoms in total. The highest BCUT2D eigenvalue weighted by atomic mass is 35.5. The van der Waals surface area contributed by atoms with E-state index in [1.54, 1.807) is 30.3 Å². The van der Waals surface area contributed by atoms with Gasteiger partial charge in [-0.15, -0.1) is 0 Å². The molecule has 8 heteroatoms. The molecule has 0 bridgehead atoms. The van der Waals surface area contributed by atoms with Crippen LogP contribution in [0.4, 0.5) is 0 Å². The molecule has 3 aromatic carbocycles. The van der Waals surface area contributed by atoms with Gasteiger partial charge >= 0.3 is 11.6 Å². The Morgan fingerprint density at radius 1 is 1.00 bits per heavy atom. The van der Waals surface area contributed by atoms with E-state index in [4.69, 9.17) is 25.5 Å². The molecular formula is C26H20ClNO6. The lowest BCUT2D eigenvalue weighted by atomic mass is 10.1. The van der Waals surface area contributed by atoms with E-state index in [1.165, 1.54) is 18.2 Å². The van der Waals surface area contributed by atoms with E-state index < -0.39 is 17.5 Å². The zero-order valence-electron chi connectivity index (χ0n) is 18.1. The number of carbonyl (C=O) groups is 2. The molecular weight excluding hydrogens is 458 g/mol. The van der Waals surface area contributed by atoms with Gasteiger partial charge in [-0.3, -0.25) is 4.79 Å². The van der Waals surface area contributed by atoms with Gasteiger partial charge in [0.1, 0.15) is 22.6 Å². The molecule has 0 aliphatic rings. The summed E-state index contributed by atoms with van der Waals surface area (Å²) in [6.45, 7) is 1.47. The van der Waals surface area contributed by atoms with Crippen LogP contribution in [0.15, 0.2) is 88.1 Å². The fourth-order valence-corrected chi connectivity index (χ4v) is 3.46. The highest BCUT2D eigenvalue weighted by Gasteiger charge is 2.17. The van der Waals surface area contributed by atoms with Crippen LogP contribution in [0.1, 0.15) is 28.9 Å². The molecule has 0 aliphatic carbocycles. The van der Waals surface area contributed by atoms with Crippen LogP contribution in [0.3, 0.4) is 0 Å². The maximum Gasteiger partial charge on any atom is 0.349 e. The number of nitrogens with one attached hydrogen (secondary N) is 1. The summed E-state index contributed by atoms with van der Waals surface area (Å²) >= 11 is 5.99. The van der Waals surface area contributed by atoms with E-state index >= 15 is 0 Å². The largest absolute Gasteiger partial charge is 0.480 e. The number of ether oxygens (including phenoxy) is 2. The Labute approximate surface area is 199 Å². The predicted molar refractivity (Wildman–Crippen MR) is 127 cm³/mol. The summed E-state index contributed by atoms with van der Waals surface area (Å²) in [7, 11) is 0. The molecule has 0 saturated carbocycles. The van der Waals surface area contributed by atoms with Crippen molar-refractivity contribution in [1.82, 2.24) is 5.32 Å². The number of fused-ring (bicyclic) bond motifs is 1. The molecule has 1 aromatic heterocycles. The first kappa shape index (κ1) is 23.1. The Kier molecular flexibility index (Phi) is 6.94. The normalized spacial score (nSPS) is 11.6. The fourth-order valence-electron chi connectivity index (χ4n) is 3.27. The Balaban J connectivity index is 1.45. The smallest absolute Gasteiger partial charge is 0.349 e. The first-order chi connectivity index (χ1) is 16.4. The minimum atomic E-state index is -0.796. The van der Waals surface area contributed by atoms with Crippen LogP contribution in [0.2, 0.25) is 5.02 Å². The topological polar surface area (TPSA) is 94.8 Å². The summed E-state index contributed by atoms with van der Waals surface area (Å²) in [5.41, 5.74) is 0.171. The Morgan fingerprint density at radius 2 is 1.74 bits per heavy atom. The average molecular weight is 478 g/mol. The molecule has 4 aromatic rings. The minimum absolute atomic E-state index is 0.117. The van der Waals surface area contributed by atoms with Crippen molar-refractivity contribution in [3.8, 4) is 11.5 Å². The van der Waals surface area contributed by atoms with Crippen LogP contribution in [0.25, 0.3) is 11.0 Å². The standard InChI is InChI=1S/C26H20ClNO6/c1-16(17-7-3-2-4-8-17)28-25(30)20-13-18-11-12-19(14-23(18)34-26(20)31)33-24(29)15-32-22-10-6-5-9-21(22)27/h2-14,16H,15H2,1H3,(H,28,30). The van der Waals surface area contributed by atoms with Crippen molar-refractivity contribution in [2.24, 2.45) is 0 Å². The number of amides is 1. The lowest BCUT2D eigenvalue weighted by Gasteiger charge is -2.14. The number of rotatable bonds is 7. The molecule has 0 saturated heterocycles. The number of hydrogen-bond acceptors (Lipinski definition) is 6. The lowest BCUT2D eigenvalue weighted by molar-refractivity contribution is -0.136. The van der Waals surface area contributed by atoms with Gasteiger partial charge in [-0.05, 0) is 42.8 Å². The number of para-hydroxylation sites is 1. The van der Waals surface area contributed by atoms with Gasteiger partial charge in [0.25, 0.3) is 5.91 Å². The van der Waals surface area contributed by atoms with Crippen molar-refractivity contribution < 1.29 is 23.5 Å². The molecule has 1 atom stereocenters. The second kappa shape index (κ2) is 10.2. The van der Waals surface area contributed by atoms with E-state index in [9.17, 15) is 14.4 Å². The molecule has 0 aliphatic heterocycles. The highest BCUT2D eigenvalue weighted by molar-refractivity contribution is 6.32. The van der Waals surface area contributed by atoms with Crippen LogP contribution in [0.5, 0.6) is 11.5 Å². The molecule has 34 heavy (non-hydrogen) atoms. The van der Waals surface area contributed by atoms with E-state index in [0.29, 0.717) is 16.2 Å². The summed E-state index contributed by atoms with van der Waals surface area (Å²) in [4.78, 5) is 37.2. The van der Waals surface area contributed by atoms with Gasteiger partial charge in [0.05, 0.1) is 11.1 Å². The van der Waals surface area contributed by atoms with Gasteiger partial charge in [-0.25, -0.2) is 9.59 Å². The van der Waals surface area contributed by atoms with E-state index in [-0.39, 0.29) is 29.5 Å². The summed E-state index contributed by atoms with van der Waals surface area (Å²) in [6, 6.07) is 21.8. The van der Waals surface area contributed by atoms with Crippen LogP contribution in [-0.2, 0) is 4.79 Å². The SMILES string of the molecule is CC(NC(=O)c1cc2ccc(OC(=O)COc3ccccc3Cl)cc2oc1=O)c1ccccc1. The van der Waals surface area contributed by atoms with E-state index in [2.05, 4.69) is 5.32 Å². The zero-order valence-corrected chi connectivity index (χ0v) is 18.9. The van der Waals surface area contributed by atoms with Crippen molar-refractivity contribution in [2.45, 2.75) is 13.0 Å². The Hall–Kier alpha value is -4.10. The lowest BCUT2D eigenvalue weighted by Crippen LogP contribution is -2.30. The quantitative estimate of drug-likeness (QED) is 0.230. The molecule has 172 valence electrons. The predicted octanol–water partition coefficient (Wildman–Crippen LogP) is 4.92. The van der Waals surface area contributed by atoms with E-state index in [0.717, 1.165) is 5.56 Å². The van der Waals surface area contributed by atoms with Gasteiger partial charge in [0.2, 0.25) is 0 Å². The third-order valence-electron chi connectivity index (χ3n) is 5.01. The second-order valence-corrected chi connectivity index (χ2v) is 7.85. The van der Waals surface area contributed by atoms with Crippen molar-refractivity contribution in [3.63, 3.8) is 0 Å². The van der Waals surface area contributed by atoms with Crippen molar-refractivity contribution in [2.75, 3.05) is 6.61 Å². The van der Waals surface area contributed by atoms with Gasteiger partial charge in [0, 0.05) is 11.5 Å². The van der Waals surface area contributed by atoms with E-state index in [1.807, 2.05) is 37.3 Å². The second-order valence-electron chi connectivity index (χ2n) is 7.45. The molecule has 1 heterocycles. The fraction of sp³-hybridized carbons (Fsp3) is 0.115. The number of benzene rings is 3. The molecule has 4 rings (SSSR count). The monoisotopic (exact) mass is 477 g/mol. The maximum atomic E-state index is 12.7. The minimum Gasteiger partial charge on any atom is -0.480 e. The number of esters is 1. The molecule has 0 radical (unpaired) electrons. The number of halogens is 1. The third-order valence-corrected chi connectivity index (χ3v) is 5.33. The molecule has 1 amide bonds. The Bertz CT molecular complexity index is 1400. The van der Waals surface area contributed by atoms with Crippen molar-refractivity contribution >= 4 is 34.4 Å². The van der Waals surface area contributed by atoms with Crippen LogP contribution < -0.4 is 20.4 Å². The average Bonchev–Trinajstić information content (AvgIpc) is 2.83. The summed E-state index contributed by atoms with van der Waals surface area (Å²) in [5.74, 6) is -0.678. The summed E-state index contributed by atoms with van der Waals surface area (Å²) < 4.78 is 15.9. The van der Waals surface area contributed by atoms with Gasteiger partial charge in [0.15, 0.2) is 6.61 Å². The van der Waals surface area contributed by atoms with Crippen LogP contribution in [0, 0.1) is 0 Å². The highest BCUT2D eigenvalue weighted by Crippen LogP contribution is 2.24. The van der Waals surface area contributed by atoms with Crippen LogP contribution >= 0.6 is 11.6 Å². The molecule has 1 unspecified atom stereocenters.